The zero-order valence-electron chi connectivity index (χ0n) is 3.52. The molecular weight excluding hydrogens is 183 g/mol. The van der Waals surface area contributed by atoms with Crippen LogP contribution in [0.15, 0.2) is 0 Å². The Morgan fingerprint density at radius 3 is 1.00 bits per heavy atom. The molecule has 0 aromatic heterocycles. The molecule has 0 atom stereocenters. The van der Waals surface area contributed by atoms with Gasteiger partial charge in [-0.05, 0) is 0 Å². The molecule has 0 spiro atoms. The third kappa shape index (κ3) is 23.5. The fraction of sp³-hybridized carbons (Fsp3) is 1.00. The minimum absolute atomic E-state index is 0. The quantitative estimate of drug-likeness (QED) is 0.510. The van der Waals surface area contributed by atoms with Gasteiger partial charge in [0.05, 0.1) is 0 Å². The average Bonchev–Trinajstić information content (AvgIpc) is 0.918. The van der Waals surface area contributed by atoms with E-state index in [-0.39, 0.29) is 65.8 Å². The summed E-state index contributed by atoms with van der Waals surface area (Å²) >= 11 is -0.01000. The SMILES string of the molecule is Cl.Cl.[CH3][Sr][CH3]. The second kappa shape index (κ2) is 16.6. The van der Waals surface area contributed by atoms with Crippen LogP contribution < -0.4 is 0 Å². The van der Waals surface area contributed by atoms with Crippen LogP contribution in [-0.4, -0.2) is 41.0 Å². The first-order valence-corrected chi connectivity index (χ1v) is 8.37. The van der Waals surface area contributed by atoms with Gasteiger partial charge in [0.2, 0.25) is 0 Å². The van der Waals surface area contributed by atoms with Gasteiger partial charge >= 0.3 is 44.8 Å². The van der Waals surface area contributed by atoms with Gasteiger partial charge < -0.3 is 0 Å². The molecule has 0 aromatic rings. The Bertz CT molecular complexity index is 7.61. The molecule has 3 heteroatoms. The first-order chi connectivity index (χ1) is 1.41. The summed E-state index contributed by atoms with van der Waals surface area (Å²) in [5, 5.41) is 0. The van der Waals surface area contributed by atoms with Crippen molar-refractivity contribution in [1.82, 2.24) is 0 Å². The Labute approximate surface area is 68.3 Å². The predicted molar refractivity (Wildman–Crippen MR) is 32.0 cm³/mol. The van der Waals surface area contributed by atoms with Crippen molar-refractivity contribution in [2.45, 2.75) is 3.79 Å². The molecule has 32 valence electrons. The van der Waals surface area contributed by atoms with Gasteiger partial charge in [-0.1, -0.05) is 0 Å². The van der Waals surface area contributed by atoms with Crippen molar-refractivity contribution in [2.75, 3.05) is 0 Å². The molecule has 0 radical (unpaired) electrons. The molecule has 0 unspecified atom stereocenters. The number of hydrogen-bond acceptors (Lipinski definition) is 0. The van der Waals surface area contributed by atoms with Crippen LogP contribution in [0.3, 0.4) is 0 Å². The third-order valence-electron chi connectivity index (χ3n) is 0. The van der Waals surface area contributed by atoms with E-state index < -0.39 is 0 Å². The summed E-state index contributed by atoms with van der Waals surface area (Å²) in [4.78, 5) is 0. The summed E-state index contributed by atoms with van der Waals surface area (Å²) in [6, 6.07) is 0. The van der Waals surface area contributed by atoms with Crippen molar-refractivity contribution < 1.29 is 0 Å². The molecule has 0 N–H and O–H groups in total. The summed E-state index contributed by atoms with van der Waals surface area (Å²) in [5.74, 6) is 0. The van der Waals surface area contributed by atoms with Gasteiger partial charge in [0, 0.05) is 0 Å². The van der Waals surface area contributed by atoms with Gasteiger partial charge in [-0.2, -0.15) is 0 Å². The fourth-order valence-corrected chi connectivity index (χ4v) is 0. The van der Waals surface area contributed by atoms with Crippen LogP contribution >= 0.6 is 24.8 Å². The normalized spacial score (nSPS) is 2.00. The number of halogens is 2. The van der Waals surface area contributed by atoms with Crippen molar-refractivity contribution in [3.63, 3.8) is 0 Å². The summed E-state index contributed by atoms with van der Waals surface area (Å²) in [6.45, 7) is 0. The molecule has 0 aromatic carbocycles. The summed E-state index contributed by atoms with van der Waals surface area (Å²) < 4.78 is 4.67. The molecule has 0 saturated heterocycles. The average molecular weight is 191 g/mol. The van der Waals surface area contributed by atoms with Crippen LogP contribution in [0, 0.1) is 0 Å². The number of rotatable bonds is 0. The second-order valence-corrected chi connectivity index (χ2v) is 4.18. The molecule has 5 heavy (non-hydrogen) atoms. The fourth-order valence-electron chi connectivity index (χ4n) is 0. The van der Waals surface area contributed by atoms with E-state index >= 15 is 0 Å². The van der Waals surface area contributed by atoms with E-state index in [0.717, 1.165) is 0 Å². The second-order valence-electron chi connectivity index (χ2n) is 0.707. The van der Waals surface area contributed by atoms with Gasteiger partial charge in [-0.3, -0.25) is 0 Å². The zero-order chi connectivity index (χ0) is 2.71. The van der Waals surface area contributed by atoms with Crippen molar-refractivity contribution in [1.29, 1.82) is 0 Å². The van der Waals surface area contributed by atoms with Gasteiger partial charge in [0.1, 0.15) is 0 Å². The zero-order valence-corrected chi connectivity index (χ0v) is 8.63. The first kappa shape index (κ1) is 15.7. The van der Waals surface area contributed by atoms with Crippen molar-refractivity contribution in [2.24, 2.45) is 0 Å². The summed E-state index contributed by atoms with van der Waals surface area (Å²) in [7, 11) is 0. The monoisotopic (exact) mass is 190 g/mol. The van der Waals surface area contributed by atoms with Crippen LogP contribution in [0.1, 0.15) is 0 Å². The van der Waals surface area contributed by atoms with E-state index in [1.807, 2.05) is 0 Å². The van der Waals surface area contributed by atoms with Crippen LogP contribution in [0.4, 0.5) is 0 Å². The molecule has 0 heterocycles. The van der Waals surface area contributed by atoms with E-state index in [9.17, 15) is 0 Å². The van der Waals surface area contributed by atoms with Gasteiger partial charge in [-0.15, -0.1) is 24.8 Å². The van der Waals surface area contributed by atoms with E-state index in [1.54, 1.807) is 0 Å². The molecule has 0 fully saturated rings. The van der Waals surface area contributed by atoms with E-state index in [1.165, 1.54) is 0 Å². The van der Waals surface area contributed by atoms with Gasteiger partial charge in [0.15, 0.2) is 0 Å². The Morgan fingerprint density at radius 2 is 1.00 bits per heavy atom. The topological polar surface area (TPSA) is 0 Å². The van der Waals surface area contributed by atoms with Crippen LogP contribution in [0.25, 0.3) is 0 Å². The van der Waals surface area contributed by atoms with Crippen molar-refractivity contribution in [3.8, 4) is 0 Å². The minimum atomic E-state index is -0.01000. The van der Waals surface area contributed by atoms with E-state index in [4.69, 9.17) is 0 Å². The van der Waals surface area contributed by atoms with Crippen LogP contribution in [0.5, 0.6) is 0 Å². The van der Waals surface area contributed by atoms with E-state index in [0.29, 0.717) is 0 Å². The molecule has 0 aliphatic heterocycles. The van der Waals surface area contributed by atoms with E-state index in [2.05, 4.69) is 3.79 Å². The maximum absolute atomic E-state index is 2.34. The molecule has 0 nitrogen and oxygen atoms in total. The standard InChI is InChI=1S/2CH3.2ClH.Sr/h2*1H3;2*1H;. The Balaban J connectivity index is -0.0000000200. The van der Waals surface area contributed by atoms with Crippen LogP contribution in [0.2, 0.25) is 3.79 Å². The van der Waals surface area contributed by atoms with Gasteiger partial charge in [-0.25, -0.2) is 0 Å². The molecule has 0 rings (SSSR count). The Kier molecular flexibility index (Phi) is 52.1. The molecule has 0 amide bonds. The van der Waals surface area contributed by atoms with Crippen molar-refractivity contribution >= 4 is 65.8 Å². The molecular formula is C2H8Cl2Sr. The number of hydrogen-bond donors (Lipinski definition) is 0. The summed E-state index contributed by atoms with van der Waals surface area (Å²) in [6.07, 6.45) is 0. The Hall–Kier alpha value is 2.06. The molecule has 0 aliphatic rings. The first-order valence-electron chi connectivity index (χ1n) is 1.41. The molecule has 0 bridgehead atoms. The third-order valence-corrected chi connectivity index (χ3v) is 0. The maximum atomic E-state index is 2.34. The molecule has 0 aliphatic carbocycles. The predicted octanol–water partition coefficient (Wildman–Crippen LogP) is 1.63. The van der Waals surface area contributed by atoms with Crippen LogP contribution in [-0.2, 0) is 0 Å². The van der Waals surface area contributed by atoms with Crippen molar-refractivity contribution in [3.05, 3.63) is 0 Å². The Morgan fingerprint density at radius 1 is 1.00 bits per heavy atom. The summed E-state index contributed by atoms with van der Waals surface area (Å²) in [5.41, 5.74) is 0. The molecule has 0 saturated carbocycles. The van der Waals surface area contributed by atoms with Gasteiger partial charge in [0.25, 0.3) is 0 Å².